The molecule has 0 bridgehead atoms. The van der Waals surface area contributed by atoms with Gasteiger partial charge in [0.05, 0.1) is 24.8 Å². The Hall–Kier alpha value is -3.27. The number of hydrogen-bond donors (Lipinski definition) is 0. The first-order valence-electron chi connectivity index (χ1n) is 11.3. The van der Waals surface area contributed by atoms with Crippen molar-refractivity contribution in [3.8, 4) is 0 Å². The molecule has 0 radical (unpaired) electrons. The minimum absolute atomic E-state index is 0.344. The van der Waals surface area contributed by atoms with E-state index in [9.17, 15) is 13.2 Å². The van der Waals surface area contributed by atoms with Gasteiger partial charge in [0, 0.05) is 25.2 Å². The predicted octanol–water partition coefficient (Wildman–Crippen LogP) is 5.78. The van der Waals surface area contributed by atoms with Gasteiger partial charge in [-0.25, -0.2) is 4.68 Å². The molecular formula is C26H25ClF3N5O. The van der Waals surface area contributed by atoms with Crippen molar-refractivity contribution in [2.75, 3.05) is 13.7 Å². The van der Waals surface area contributed by atoms with Crippen LogP contribution in [-0.4, -0.2) is 38.8 Å². The van der Waals surface area contributed by atoms with Gasteiger partial charge < -0.3 is 4.74 Å². The van der Waals surface area contributed by atoms with E-state index >= 15 is 0 Å². The van der Waals surface area contributed by atoms with E-state index < -0.39 is 17.8 Å². The molecular weight excluding hydrogens is 491 g/mol. The second-order valence-electron chi connectivity index (χ2n) is 8.26. The number of tetrazole rings is 1. The Morgan fingerprint density at radius 3 is 2.44 bits per heavy atom. The molecule has 1 aromatic heterocycles. The van der Waals surface area contributed by atoms with Gasteiger partial charge in [-0.05, 0) is 45.3 Å². The van der Waals surface area contributed by atoms with Crippen LogP contribution >= 0.6 is 11.6 Å². The van der Waals surface area contributed by atoms with Gasteiger partial charge in [-0.3, -0.25) is 4.90 Å². The van der Waals surface area contributed by atoms with Crippen LogP contribution in [0.4, 0.5) is 13.2 Å². The van der Waals surface area contributed by atoms with Crippen molar-refractivity contribution in [1.29, 1.82) is 0 Å². The van der Waals surface area contributed by atoms with E-state index in [1.807, 2.05) is 53.4 Å². The molecule has 0 saturated carbocycles. The second kappa shape index (κ2) is 11.6. The maximum Gasteiger partial charge on any atom is 0.416 e. The highest BCUT2D eigenvalue weighted by molar-refractivity contribution is 6.31. The molecule has 1 heterocycles. The van der Waals surface area contributed by atoms with Gasteiger partial charge >= 0.3 is 6.18 Å². The summed E-state index contributed by atoms with van der Waals surface area (Å²) in [6.45, 7) is 1.47. The number of halogens is 4. The summed E-state index contributed by atoms with van der Waals surface area (Å²) in [7, 11) is 1.56. The van der Waals surface area contributed by atoms with Gasteiger partial charge in [0.2, 0.25) is 0 Å². The van der Waals surface area contributed by atoms with Gasteiger partial charge in [-0.15, -0.1) is 5.10 Å². The molecule has 36 heavy (non-hydrogen) atoms. The summed E-state index contributed by atoms with van der Waals surface area (Å²) in [4.78, 5) is 2.03. The van der Waals surface area contributed by atoms with Crippen LogP contribution in [0, 0.1) is 0 Å². The number of nitrogens with zero attached hydrogens (tertiary/aromatic N) is 5. The Kier molecular flexibility index (Phi) is 8.35. The normalized spacial score (nSPS) is 12.7. The highest BCUT2D eigenvalue weighted by Gasteiger charge is 2.34. The minimum atomic E-state index is -4.49. The van der Waals surface area contributed by atoms with Crippen molar-refractivity contribution in [2.45, 2.75) is 31.9 Å². The monoisotopic (exact) mass is 515 g/mol. The molecule has 0 amide bonds. The third-order valence-electron chi connectivity index (χ3n) is 5.77. The van der Waals surface area contributed by atoms with Gasteiger partial charge in [0.1, 0.15) is 0 Å². The highest BCUT2D eigenvalue weighted by atomic mass is 35.5. The van der Waals surface area contributed by atoms with Crippen molar-refractivity contribution in [2.24, 2.45) is 0 Å². The number of rotatable bonds is 10. The summed E-state index contributed by atoms with van der Waals surface area (Å²) in [5.41, 5.74) is 1.50. The summed E-state index contributed by atoms with van der Waals surface area (Å²) in [5.74, 6) is 0.411. The Morgan fingerprint density at radius 2 is 1.72 bits per heavy atom. The quantitative estimate of drug-likeness (QED) is 0.268. The van der Waals surface area contributed by atoms with Crippen molar-refractivity contribution >= 4 is 11.6 Å². The molecule has 188 valence electrons. The van der Waals surface area contributed by atoms with Gasteiger partial charge in [-0.1, -0.05) is 72.3 Å². The van der Waals surface area contributed by atoms with E-state index in [0.717, 1.165) is 23.3 Å². The second-order valence-corrected chi connectivity index (χ2v) is 8.67. The summed E-state index contributed by atoms with van der Waals surface area (Å²) in [6.07, 6.45) is -4.49. The average molecular weight is 516 g/mol. The van der Waals surface area contributed by atoms with E-state index in [-0.39, 0.29) is 0 Å². The molecule has 0 spiro atoms. The van der Waals surface area contributed by atoms with Gasteiger partial charge in [-0.2, -0.15) is 13.2 Å². The molecule has 6 nitrogen and oxygen atoms in total. The predicted molar refractivity (Wildman–Crippen MR) is 130 cm³/mol. The zero-order valence-corrected chi connectivity index (χ0v) is 20.3. The molecule has 3 aromatic carbocycles. The van der Waals surface area contributed by atoms with Crippen LogP contribution in [0.5, 0.6) is 0 Å². The number of benzene rings is 3. The first-order valence-corrected chi connectivity index (χ1v) is 11.7. The van der Waals surface area contributed by atoms with Crippen molar-refractivity contribution in [3.63, 3.8) is 0 Å². The fourth-order valence-electron chi connectivity index (χ4n) is 4.05. The van der Waals surface area contributed by atoms with Crippen LogP contribution in [0.1, 0.15) is 34.1 Å². The van der Waals surface area contributed by atoms with Crippen LogP contribution in [0.2, 0.25) is 5.02 Å². The number of alkyl halides is 3. The van der Waals surface area contributed by atoms with Gasteiger partial charge in [0.15, 0.2) is 5.82 Å². The van der Waals surface area contributed by atoms with Crippen molar-refractivity contribution in [1.82, 2.24) is 25.1 Å². The standard InChI is InChI=1S/C26H25ClF3N5O/c1-36-15-14-35-25(31-32-33-35)24(20-11-7-12-22(16-20)26(28,29)30)34(17-19-8-3-2-4-9-19)18-21-10-5-6-13-23(21)27/h2-13,16,24H,14-15,17-18H2,1H3/t24-/m0/s1. The first-order chi connectivity index (χ1) is 17.4. The van der Waals surface area contributed by atoms with E-state index in [1.54, 1.807) is 23.9 Å². The number of hydrogen-bond acceptors (Lipinski definition) is 5. The Balaban J connectivity index is 1.86. The zero-order valence-electron chi connectivity index (χ0n) is 19.6. The molecule has 10 heteroatoms. The lowest BCUT2D eigenvalue weighted by Crippen LogP contribution is -2.32. The van der Waals surface area contributed by atoms with E-state index in [1.165, 1.54) is 6.07 Å². The summed E-state index contributed by atoms with van der Waals surface area (Å²) < 4.78 is 47.8. The lowest BCUT2D eigenvalue weighted by Gasteiger charge is -2.32. The Labute approximate surface area is 212 Å². The Morgan fingerprint density at radius 1 is 0.972 bits per heavy atom. The minimum Gasteiger partial charge on any atom is -0.383 e. The summed E-state index contributed by atoms with van der Waals surface area (Å²) >= 11 is 6.49. The molecule has 4 aromatic rings. The van der Waals surface area contributed by atoms with Crippen LogP contribution in [-0.2, 0) is 30.5 Å². The Bertz CT molecular complexity index is 1270. The SMILES string of the molecule is COCCn1nnnc1[C@H](c1cccc(C(F)(F)F)c1)N(Cc1ccccc1)Cc1ccccc1Cl. The molecule has 0 aliphatic carbocycles. The zero-order chi connectivity index (χ0) is 25.5. The van der Waals surface area contributed by atoms with Crippen molar-refractivity contribution in [3.05, 3.63) is 112 Å². The van der Waals surface area contributed by atoms with Gasteiger partial charge in [0.25, 0.3) is 0 Å². The van der Waals surface area contributed by atoms with Crippen LogP contribution < -0.4 is 0 Å². The topological polar surface area (TPSA) is 56.1 Å². The van der Waals surface area contributed by atoms with Crippen LogP contribution in [0.25, 0.3) is 0 Å². The third kappa shape index (κ3) is 6.29. The molecule has 0 unspecified atom stereocenters. The first kappa shape index (κ1) is 25.8. The number of aromatic nitrogens is 4. The molecule has 0 aliphatic rings. The molecule has 0 saturated heterocycles. The maximum absolute atomic E-state index is 13.7. The summed E-state index contributed by atoms with van der Waals surface area (Å²) in [6, 6.07) is 21.7. The van der Waals surface area contributed by atoms with Crippen LogP contribution in [0.3, 0.4) is 0 Å². The van der Waals surface area contributed by atoms with Crippen molar-refractivity contribution < 1.29 is 17.9 Å². The molecule has 0 fully saturated rings. The molecule has 0 aliphatic heterocycles. The average Bonchev–Trinajstić information content (AvgIpc) is 3.32. The fourth-order valence-corrected chi connectivity index (χ4v) is 4.25. The third-order valence-corrected chi connectivity index (χ3v) is 6.13. The number of methoxy groups -OCH3 is 1. The van der Waals surface area contributed by atoms with E-state index in [0.29, 0.717) is 42.7 Å². The maximum atomic E-state index is 13.7. The smallest absolute Gasteiger partial charge is 0.383 e. The lowest BCUT2D eigenvalue weighted by atomic mass is 9.99. The van der Waals surface area contributed by atoms with E-state index in [4.69, 9.17) is 16.3 Å². The molecule has 4 rings (SSSR count). The summed E-state index contributed by atoms with van der Waals surface area (Å²) in [5, 5.41) is 12.7. The van der Waals surface area contributed by atoms with Crippen LogP contribution in [0.15, 0.2) is 78.9 Å². The van der Waals surface area contributed by atoms with E-state index in [2.05, 4.69) is 15.5 Å². The number of ether oxygens (including phenoxy) is 1. The largest absolute Gasteiger partial charge is 0.416 e. The fraction of sp³-hybridized carbons (Fsp3) is 0.269. The lowest BCUT2D eigenvalue weighted by molar-refractivity contribution is -0.137. The molecule has 0 N–H and O–H groups in total. The highest BCUT2D eigenvalue weighted by Crippen LogP contribution is 2.35. The molecule has 1 atom stereocenters.